The number of hydrogen-bond donors (Lipinski definition) is 1. The molecule has 0 fully saturated rings. The largest absolute Gasteiger partial charge is 0.426 e. The number of ether oxygens (including phenoxy) is 1. The highest BCUT2D eigenvalue weighted by atomic mass is 16.5. The Morgan fingerprint density at radius 1 is 0.963 bits per heavy atom. The fraction of sp³-hybridized carbons (Fsp3) is 0.143. The maximum atomic E-state index is 13.5. The average Bonchev–Trinajstić information content (AvgIpc) is 2.68. The Morgan fingerprint density at radius 2 is 1.59 bits per heavy atom. The molecule has 1 aliphatic rings. The number of carbonyl (C=O) groups is 2. The monoisotopic (exact) mass is 359 g/mol. The van der Waals surface area contributed by atoms with Crippen LogP contribution in [0, 0.1) is 0 Å². The summed E-state index contributed by atoms with van der Waals surface area (Å²) in [5.41, 5.74) is 2.82. The third-order valence-electron chi connectivity index (χ3n) is 4.58. The van der Waals surface area contributed by atoms with E-state index in [-0.39, 0.29) is 17.6 Å². The first-order valence-corrected chi connectivity index (χ1v) is 8.57. The van der Waals surface area contributed by atoms with Gasteiger partial charge in [0.05, 0.1) is 17.5 Å². The van der Waals surface area contributed by atoms with E-state index < -0.39 is 11.9 Å². The third-order valence-corrected chi connectivity index (χ3v) is 4.58. The zero-order valence-corrected chi connectivity index (χ0v) is 14.6. The van der Waals surface area contributed by atoms with E-state index in [0.29, 0.717) is 11.3 Å². The van der Waals surface area contributed by atoms with Gasteiger partial charge in [-0.15, -0.1) is 0 Å². The number of nitrogens with one attached hydrogen (secondary N) is 1. The number of fused-ring (bicyclic) bond motifs is 1. The minimum absolute atomic E-state index is 0.103. The lowest BCUT2D eigenvalue weighted by Gasteiger charge is -2.34. The highest BCUT2D eigenvalue weighted by molar-refractivity contribution is 6.10. The second kappa shape index (κ2) is 6.99. The van der Waals surface area contributed by atoms with Crippen molar-refractivity contribution in [3.8, 4) is 5.75 Å². The molecule has 0 radical (unpaired) electrons. The summed E-state index contributed by atoms with van der Waals surface area (Å²) in [6.07, 6.45) is 6.74. The van der Waals surface area contributed by atoms with Gasteiger partial charge in [-0.25, -0.2) is 0 Å². The molecular weight excluding hydrogens is 342 g/mol. The van der Waals surface area contributed by atoms with Gasteiger partial charge < -0.3 is 10.1 Å². The summed E-state index contributed by atoms with van der Waals surface area (Å²) < 4.78 is 5.29. The van der Waals surface area contributed by atoms with Crippen molar-refractivity contribution in [2.45, 2.75) is 18.9 Å². The summed E-state index contributed by atoms with van der Waals surface area (Å²) >= 11 is 0. The molecule has 2 atom stereocenters. The highest BCUT2D eigenvalue weighted by Crippen LogP contribution is 2.44. The van der Waals surface area contributed by atoms with Crippen molar-refractivity contribution in [2.75, 3.05) is 5.32 Å². The molecule has 0 spiro atoms. The Bertz CT molecular complexity index is 990. The Balaban J connectivity index is 1.87. The average molecular weight is 359 g/mol. The van der Waals surface area contributed by atoms with Crippen LogP contribution >= 0.6 is 0 Å². The number of pyridine rings is 2. The summed E-state index contributed by atoms with van der Waals surface area (Å²) in [5, 5.41) is 3.45. The van der Waals surface area contributed by atoms with Crippen LogP contribution in [0.2, 0.25) is 0 Å². The molecule has 0 saturated carbocycles. The van der Waals surface area contributed by atoms with E-state index in [2.05, 4.69) is 15.3 Å². The number of ketones is 1. The van der Waals surface area contributed by atoms with Gasteiger partial charge in [0.1, 0.15) is 5.75 Å². The minimum Gasteiger partial charge on any atom is -0.426 e. The van der Waals surface area contributed by atoms with Crippen LogP contribution in [0.4, 0.5) is 5.69 Å². The lowest BCUT2D eigenvalue weighted by Crippen LogP contribution is -2.32. The van der Waals surface area contributed by atoms with Gasteiger partial charge in [0.15, 0.2) is 5.78 Å². The predicted molar refractivity (Wildman–Crippen MR) is 99.7 cm³/mol. The molecule has 3 heterocycles. The van der Waals surface area contributed by atoms with Crippen LogP contribution in [0.3, 0.4) is 0 Å². The zero-order valence-electron chi connectivity index (χ0n) is 14.6. The van der Waals surface area contributed by atoms with Gasteiger partial charge in [0, 0.05) is 37.4 Å². The molecule has 3 aromatic rings. The smallest absolute Gasteiger partial charge is 0.308 e. The molecule has 6 nitrogen and oxygen atoms in total. The van der Waals surface area contributed by atoms with Crippen molar-refractivity contribution in [2.24, 2.45) is 0 Å². The van der Waals surface area contributed by atoms with Gasteiger partial charge in [-0.1, -0.05) is 6.07 Å². The molecule has 0 aliphatic carbocycles. The summed E-state index contributed by atoms with van der Waals surface area (Å²) in [6, 6.07) is 12.4. The molecule has 134 valence electrons. The molecule has 1 aromatic carbocycles. The van der Waals surface area contributed by atoms with Gasteiger partial charge in [-0.2, -0.15) is 0 Å². The molecule has 4 rings (SSSR count). The second-order valence-electron chi connectivity index (χ2n) is 6.30. The fourth-order valence-corrected chi connectivity index (χ4v) is 3.46. The first-order chi connectivity index (χ1) is 13.1. The number of rotatable bonds is 3. The standard InChI is InChI=1S/C21H17N3O3/c1-13(25)27-17-4-2-3-16-19(17)21(26)18(14-5-9-22-10-6-14)20(24-16)15-7-11-23-12-8-15/h2-12,18,20,24H,1H3. The van der Waals surface area contributed by atoms with Crippen molar-refractivity contribution in [1.82, 2.24) is 9.97 Å². The molecule has 6 heteroatoms. The van der Waals surface area contributed by atoms with Crippen molar-refractivity contribution in [3.05, 3.63) is 83.9 Å². The summed E-state index contributed by atoms with van der Waals surface area (Å²) in [5.74, 6) is -0.786. The van der Waals surface area contributed by atoms with Gasteiger partial charge in [0.25, 0.3) is 0 Å². The Morgan fingerprint density at radius 3 is 2.22 bits per heavy atom. The molecule has 0 amide bonds. The van der Waals surface area contributed by atoms with Crippen LogP contribution in [0.25, 0.3) is 0 Å². The van der Waals surface area contributed by atoms with Crippen LogP contribution in [0.1, 0.15) is 40.4 Å². The second-order valence-corrected chi connectivity index (χ2v) is 6.30. The van der Waals surface area contributed by atoms with E-state index in [1.807, 2.05) is 30.3 Å². The van der Waals surface area contributed by atoms with Gasteiger partial charge in [-0.3, -0.25) is 19.6 Å². The summed E-state index contributed by atoms with van der Waals surface area (Å²) in [6.45, 7) is 1.32. The van der Waals surface area contributed by atoms with Crippen LogP contribution in [0.15, 0.2) is 67.3 Å². The quantitative estimate of drug-likeness (QED) is 0.569. The topological polar surface area (TPSA) is 81.2 Å². The summed E-state index contributed by atoms with van der Waals surface area (Å²) in [4.78, 5) is 33.1. The number of aromatic nitrogens is 2. The number of esters is 1. The highest BCUT2D eigenvalue weighted by Gasteiger charge is 2.39. The van der Waals surface area contributed by atoms with E-state index in [1.165, 1.54) is 6.92 Å². The number of carbonyl (C=O) groups excluding carboxylic acids is 2. The Labute approximate surface area is 156 Å². The SMILES string of the molecule is CC(=O)Oc1cccc2c1C(=O)C(c1ccncc1)C(c1ccncc1)N2. The molecule has 1 N–H and O–H groups in total. The van der Waals surface area contributed by atoms with E-state index in [0.717, 1.165) is 11.1 Å². The molecule has 1 aliphatic heterocycles. The molecule has 2 unspecified atom stereocenters. The number of hydrogen-bond acceptors (Lipinski definition) is 6. The van der Waals surface area contributed by atoms with Crippen molar-refractivity contribution in [3.63, 3.8) is 0 Å². The van der Waals surface area contributed by atoms with Crippen LogP contribution in [-0.2, 0) is 4.79 Å². The molecule has 0 bridgehead atoms. The predicted octanol–water partition coefficient (Wildman–Crippen LogP) is 3.54. The normalized spacial score (nSPS) is 18.3. The van der Waals surface area contributed by atoms with Crippen molar-refractivity contribution in [1.29, 1.82) is 0 Å². The first kappa shape index (κ1) is 16.9. The fourth-order valence-electron chi connectivity index (χ4n) is 3.46. The Kier molecular flexibility index (Phi) is 4.38. The lowest BCUT2D eigenvalue weighted by molar-refractivity contribution is -0.131. The molecular formula is C21H17N3O3. The van der Waals surface area contributed by atoms with Crippen LogP contribution in [-0.4, -0.2) is 21.7 Å². The molecule has 0 saturated heterocycles. The maximum absolute atomic E-state index is 13.5. The number of nitrogens with zero attached hydrogens (tertiary/aromatic N) is 2. The number of benzene rings is 1. The zero-order chi connectivity index (χ0) is 18.8. The van der Waals surface area contributed by atoms with Crippen LogP contribution in [0.5, 0.6) is 5.75 Å². The first-order valence-electron chi connectivity index (χ1n) is 8.57. The number of Topliss-reactive ketones (excluding diaryl/α,β-unsaturated/α-hetero) is 1. The van der Waals surface area contributed by atoms with E-state index >= 15 is 0 Å². The van der Waals surface area contributed by atoms with E-state index in [4.69, 9.17) is 4.74 Å². The Hall–Kier alpha value is -3.54. The molecule has 2 aromatic heterocycles. The summed E-state index contributed by atoms with van der Waals surface area (Å²) in [7, 11) is 0. The lowest BCUT2D eigenvalue weighted by atomic mass is 9.78. The molecule has 27 heavy (non-hydrogen) atoms. The maximum Gasteiger partial charge on any atom is 0.308 e. The van der Waals surface area contributed by atoms with E-state index in [9.17, 15) is 9.59 Å². The number of anilines is 1. The van der Waals surface area contributed by atoms with Gasteiger partial charge >= 0.3 is 5.97 Å². The van der Waals surface area contributed by atoms with Gasteiger partial charge in [-0.05, 0) is 47.5 Å². The van der Waals surface area contributed by atoms with Crippen molar-refractivity contribution < 1.29 is 14.3 Å². The van der Waals surface area contributed by atoms with Gasteiger partial charge in [0.2, 0.25) is 0 Å². The van der Waals surface area contributed by atoms with E-state index in [1.54, 1.807) is 36.9 Å². The third kappa shape index (κ3) is 3.17. The van der Waals surface area contributed by atoms with Crippen LogP contribution < -0.4 is 10.1 Å². The minimum atomic E-state index is -0.486. The van der Waals surface area contributed by atoms with Crippen molar-refractivity contribution >= 4 is 17.4 Å².